The molecule has 2 N–H and O–H groups in total. The van der Waals surface area contributed by atoms with E-state index in [2.05, 4.69) is 10.4 Å². The van der Waals surface area contributed by atoms with Crippen molar-refractivity contribution in [2.24, 2.45) is 7.05 Å². The summed E-state index contributed by atoms with van der Waals surface area (Å²) in [7, 11) is 1.81. The smallest absolute Gasteiger partial charge is 0.356 e. The van der Waals surface area contributed by atoms with E-state index in [1.165, 1.54) is 10.7 Å². The van der Waals surface area contributed by atoms with Crippen LogP contribution in [-0.2, 0) is 13.6 Å². The standard InChI is InChI=1S/C17H16N4O3/c1-20-8-3-6-15(20)16(22)18-11-12-4-2-5-13(10-12)21-9-7-14(19-21)17(23)24/h2-10H,11H2,1H3,(H,18,22)(H,23,24). The van der Waals surface area contributed by atoms with Gasteiger partial charge in [-0.1, -0.05) is 12.1 Å². The summed E-state index contributed by atoms with van der Waals surface area (Å²) in [5.41, 5.74) is 2.19. The molecule has 3 rings (SSSR count). The molecule has 0 unspecified atom stereocenters. The molecule has 0 radical (unpaired) electrons. The molecule has 0 atom stereocenters. The van der Waals surface area contributed by atoms with Gasteiger partial charge >= 0.3 is 5.97 Å². The molecule has 0 fully saturated rings. The lowest BCUT2D eigenvalue weighted by molar-refractivity contribution is 0.0689. The number of carbonyl (C=O) groups excluding carboxylic acids is 1. The van der Waals surface area contributed by atoms with Crippen molar-refractivity contribution in [3.8, 4) is 5.69 Å². The van der Waals surface area contributed by atoms with Gasteiger partial charge in [0.25, 0.3) is 5.91 Å². The number of carboxylic acid groups (broad SMARTS) is 1. The van der Waals surface area contributed by atoms with E-state index in [0.717, 1.165) is 11.3 Å². The third kappa shape index (κ3) is 3.19. The van der Waals surface area contributed by atoms with Gasteiger partial charge in [-0.25, -0.2) is 9.48 Å². The van der Waals surface area contributed by atoms with E-state index >= 15 is 0 Å². The molecule has 1 aromatic carbocycles. The first kappa shape index (κ1) is 15.5. The lowest BCUT2D eigenvalue weighted by Crippen LogP contribution is -2.24. The number of aryl methyl sites for hydroxylation is 1. The summed E-state index contributed by atoms with van der Waals surface area (Å²) in [6.45, 7) is 0.366. The Kier molecular flexibility index (Phi) is 4.15. The van der Waals surface area contributed by atoms with Crippen LogP contribution in [0.5, 0.6) is 0 Å². The van der Waals surface area contributed by atoms with Crippen LogP contribution in [0.25, 0.3) is 5.69 Å². The largest absolute Gasteiger partial charge is 0.476 e. The molecule has 0 bridgehead atoms. The van der Waals surface area contributed by atoms with Gasteiger partial charge < -0.3 is 15.0 Å². The summed E-state index contributed by atoms with van der Waals surface area (Å²) in [5, 5.41) is 15.8. The molecule has 0 aliphatic heterocycles. The Morgan fingerprint density at radius 3 is 2.67 bits per heavy atom. The number of rotatable bonds is 5. The molecule has 0 spiro atoms. The van der Waals surface area contributed by atoms with Crippen LogP contribution in [0.1, 0.15) is 26.5 Å². The molecule has 24 heavy (non-hydrogen) atoms. The first-order valence-electron chi connectivity index (χ1n) is 7.32. The second-order valence-corrected chi connectivity index (χ2v) is 5.31. The number of aromatic carboxylic acids is 1. The maximum absolute atomic E-state index is 12.1. The Morgan fingerprint density at radius 1 is 1.17 bits per heavy atom. The Labute approximate surface area is 138 Å². The predicted molar refractivity (Wildman–Crippen MR) is 87.1 cm³/mol. The minimum atomic E-state index is -1.07. The van der Waals surface area contributed by atoms with Crippen LogP contribution < -0.4 is 5.32 Å². The summed E-state index contributed by atoms with van der Waals surface area (Å²) in [4.78, 5) is 23.0. The third-order valence-corrected chi connectivity index (χ3v) is 3.61. The molecule has 1 amide bonds. The first-order valence-corrected chi connectivity index (χ1v) is 7.32. The number of hydrogen-bond acceptors (Lipinski definition) is 3. The summed E-state index contributed by atoms with van der Waals surface area (Å²) < 4.78 is 3.24. The van der Waals surface area contributed by atoms with Gasteiger partial charge in [-0.2, -0.15) is 5.10 Å². The SMILES string of the molecule is Cn1cccc1C(=O)NCc1cccc(-n2ccc(C(=O)O)n2)c1. The summed E-state index contributed by atoms with van der Waals surface area (Å²) in [6, 6.07) is 12.4. The van der Waals surface area contributed by atoms with Crippen molar-refractivity contribution >= 4 is 11.9 Å². The molecule has 122 valence electrons. The zero-order chi connectivity index (χ0) is 17.1. The van der Waals surface area contributed by atoms with Crippen LogP contribution in [0.4, 0.5) is 0 Å². The lowest BCUT2D eigenvalue weighted by atomic mass is 10.2. The predicted octanol–water partition coefficient (Wildman–Crippen LogP) is 1.84. The number of carbonyl (C=O) groups is 2. The summed E-state index contributed by atoms with van der Waals surface area (Å²) in [6.07, 6.45) is 3.40. The first-order chi connectivity index (χ1) is 11.5. The maximum Gasteiger partial charge on any atom is 0.356 e. The van der Waals surface area contributed by atoms with E-state index in [1.807, 2.05) is 43.6 Å². The van der Waals surface area contributed by atoms with Crippen LogP contribution >= 0.6 is 0 Å². The van der Waals surface area contributed by atoms with Crippen LogP contribution in [0.2, 0.25) is 0 Å². The molecular formula is C17H16N4O3. The topological polar surface area (TPSA) is 89.2 Å². The van der Waals surface area contributed by atoms with Gasteiger partial charge in [0.15, 0.2) is 5.69 Å². The maximum atomic E-state index is 12.1. The fraction of sp³-hybridized carbons (Fsp3) is 0.118. The van der Waals surface area contributed by atoms with Crippen molar-refractivity contribution in [1.82, 2.24) is 19.7 Å². The van der Waals surface area contributed by atoms with Gasteiger partial charge in [-0.05, 0) is 35.9 Å². The van der Waals surface area contributed by atoms with E-state index in [0.29, 0.717) is 12.2 Å². The van der Waals surface area contributed by atoms with Crippen LogP contribution in [-0.4, -0.2) is 31.3 Å². The molecule has 2 heterocycles. The van der Waals surface area contributed by atoms with Gasteiger partial charge in [0, 0.05) is 26.0 Å². The van der Waals surface area contributed by atoms with Gasteiger partial charge in [0.05, 0.1) is 5.69 Å². The highest BCUT2D eigenvalue weighted by Crippen LogP contribution is 2.11. The molecule has 0 saturated heterocycles. The molecule has 7 nitrogen and oxygen atoms in total. The number of benzene rings is 1. The zero-order valence-electron chi connectivity index (χ0n) is 13.0. The molecule has 3 aromatic rings. The highest BCUT2D eigenvalue weighted by Gasteiger charge is 2.10. The Balaban J connectivity index is 1.72. The van der Waals surface area contributed by atoms with Crippen molar-refractivity contribution in [1.29, 1.82) is 0 Å². The monoisotopic (exact) mass is 324 g/mol. The normalized spacial score (nSPS) is 10.5. The Bertz CT molecular complexity index is 895. The van der Waals surface area contributed by atoms with E-state index in [9.17, 15) is 9.59 Å². The average Bonchev–Trinajstić information content (AvgIpc) is 3.22. The van der Waals surface area contributed by atoms with Gasteiger partial charge in [-0.3, -0.25) is 4.79 Å². The van der Waals surface area contributed by atoms with Crippen molar-refractivity contribution in [2.45, 2.75) is 6.54 Å². The zero-order valence-corrected chi connectivity index (χ0v) is 13.0. The van der Waals surface area contributed by atoms with E-state index < -0.39 is 5.97 Å². The molecule has 7 heteroatoms. The molecular weight excluding hydrogens is 308 g/mol. The molecule has 2 aromatic heterocycles. The minimum Gasteiger partial charge on any atom is -0.476 e. The minimum absolute atomic E-state index is 0.0163. The lowest BCUT2D eigenvalue weighted by Gasteiger charge is -2.08. The van der Waals surface area contributed by atoms with Gasteiger partial charge in [0.1, 0.15) is 5.69 Å². The van der Waals surface area contributed by atoms with Crippen molar-refractivity contribution in [2.75, 3.05) is 0 Å². The average molecular weight is 324 g/mol. The van der Waals surface area contributed by atoms with Crippen LogP contribution in [0.3, 0.4) is 0 Å². The van der Waals surface area contributed by atoms with E-state index in [1.54, 1.807) is 16.8 Å². The van der Waals surface area contributed by atoms with Gasteiger partial charge in [0.2, 0.25) is 0 Å². The van der Waals surface area contributed by atoms with E-state index in [-0.39, 0.29) is 11.6 Å². The number of carboxylic acids is 1. The van der Waals surface area contributed by atoms with Crippen LogP contribution in [0.15, 0.2) is 54.9 Å². The Morgan fingerprint density at radius 2 is 2.00 bits per heavy atom. The fourth-order valence-corrected chi connectivity index (χ4v) is 2.36. The quantitative estimate of drug-likeness (QED) is 0.749. The Hall–Kier alpha value is -3.35. The number of nitrogens with one attached hydrogen (secondary N) is 1. The molecule has 0 saturated carbocycles. The number of hydrogen-bond donors (Lipinski definition) is 2. The number of amides is 1. The van der Waals surface area contributed by atoms with Crippen molar-refractivity contribution in [3.05, 3.63) is 71.8 Å². The second kappa shape index (κ2) is 6.41. The fourth-order valence-electron chi connectivity index (χ4n) is 2.36. The van der Waals surface area contributed by atoms with E-state index in [4.69, 9.17) is 5.11 Å². The summed E-state index contributed by atoms with van der Waals surface area (Å²) >= 11 is 0. The summed E-state index contributed by atoms with van der Waals surface area (Å²) in [5.74, 6) is -1.22. The van der Waals surface area contributed by atoms with Crippen LogP contribution in [0, 0.1) is 0 Å². The van der Waals surface area contributed by atoms with Crippen molar-refractivity contribution < 1.29 is 14.7 Å². The highest BCUT2D eigenvalue weighted by atomic mass is 16.4. The third-order valence-electron chi connectivity index (χ3n) is 3.61. The molecule has 0 aliphatic rings. The second-order valence-electron chi connectivity index (χ2n) is 5.31. The van der Waals surface area contributed by atoms with Crippen molar-refractivity contribution in [3.63, 3.8) is 0 Å². The van der Waals surface area contributed by atoms with Gasteiger partial charge in [-0.15, -0.1) is 0 Å². The highest BCUT2D eigenvalue weighted by molar-refractivity contribution is 5.92. The molecule has 0 aliphatic carbocycles. The number of nitrogens with zero attached hydrogens (tertiary/aromatic N) is 3. The number of aromatic nitrogens is 3.